The topological polar surface area (TPSA) is 63.0 Å². The maximum absolute atomic E-state index is 13.6. The number of hydrogen-bond acceptors (Lipinski definition) is 6. The molecule has 0 aliphatic carbocycles. The molecule has 42 heavy (non-hydrogen) atoms. The predicted molar refractivity (Wildman–Crippen MR) is 146 cm³/mol. The first-order valence-corrected chi connectivity index (χ1v) is 13.4. The minimum atomic E-state index is -4.97. The van der Waals surface area contributed by atoms with Crippen molar-refractivity contribution in [3.63, 3.8) is 0 Å². The van der Waals surface area contributed by atoms with E-state index in [2.05, 4.69) is 19.9 Å². The third-order valence-corrected chi connectivity index (χ3v) is 7.53. The Bertz CT molecular complexity index is 1540. The van der Waals surface area contributed by atoms with Gasteiger partial charge in [0.25, 0.3) is 0 Å². The summed E-state index contributed by atoms with van der Waals surface area (Å²) >= 11 is 12.2. The van der Waals surface area contributed by atoms with Crippen LogP contribution in [-0.2, 0) is 25.9 Å². The standard InChI is InChI=1S/C27H23Cl2F6N7/c1-15-5-17(13-40(15)2)18-9-37-25(38-10-18)42(21-3-4-41(14-21)23-22(28)11-36-24(29)39-23)12-16-6-19(26(30,31)32)8-20(7-16)27(33,34)35/h5-11,13,21H,3-4,12,14H2,1-2H3. The lowest BCUT2D eigenvalue weighted by atomic mass is 10.0. The zero-order valence-corrected chi connectivity index (χ0v) is 23.7. The highest BCUT2D eigenvalue weighted by Gasteiger charge is 2.38. The maximum Gasteiger partial charge on any atom is 0.416 e. The fraction of sp³-hybridized carbons (Fsp3) is 0.333. The van der Waals surface area contributed by atoms with Crippen molar-refractivity contribution < 1.29 is 26.3 Å². The third kappa shape index (κ3) is 6.41. The molecule has 1 saturated heterocycles. The average Bonchev–Trinajstić information content (AvgIpc) is 3.54. The number of hydrogen-bond donors (Lipinski definition) is 0. The van der Waals surface area contributed by atoms with E-state index in [1.807, 2.05) is 35.7 Å². The Labute approximate surface area is 246 Å². The summed E-state index contributed by atoms with van der Waals surface area (Å²) < 4.78 is 83.5. The fourth-order valence-electron chi connectivity index (χ4n) is 4.87. The summed E-state index contributed by atoms with van der Waals surface area (Å²) in [5, 5.41) is 0.228. The van der Waals surface area contributed by atoms with E-state index >= 15 is 0 Å². The number of nitrogens with zero attached hydrogens (tertiary/aromatic N) is 7. The molecule has 1 unspecified atom stereocenters. The smallest absolute Gasteiger partial charge is 0.354 e. The van der Waals surface area contributed by atoms with Gasteiger partial charge in [-0.2, -0.15) is 31.3 Å². The van der Waals surface area contributed by atoms with Crippen LogP contribution in [0.15, 0.2) is 49.1 Å². The van der Waals surface area contributed by atoms with Gasteiger partial charge in [0.15, 0.2) is 5.82 Å². The van der Waals surface area contributed by atoms with Crippen LogP contribution in [0, 0.1) is 6.92 Å². The van der Waals surface area contributed by atoms with Crippen LogP contribution in [0.25, 0.3) is 11.1 Å². The molecule has 0 radical (unpaired) electrons. The van der Waals surface area contributed by atoms with Crippen LogP contribution in [-0.4, -0.2) is 43.6 Å². The van der Waals surface area contributed by atoms with Gasteiger partial charge < -0.3 is 14.4 Å². The van der Waals surface area contributed by atoms with Crippen molar-refractivity contribution in [3.8, 4) is 11.1 Å². The Morgan fingerprint density at radius 2 is 1.55 bits per heavy atom. The molecule has 0 saturated carbocycles. The highest BCUT2D eigenvalue weighted by Crippen LogP contribution is 2.37. The third-order valence-electron chi connectivity index (χ3n) is 7.08. The van der Waals surface area contributed by atoms with Gasteiger partial charge in [-0.3, -0.25) is 0 Å². The lowest BCUT2D eigenvalue weighted by Crippen LogP contribution is -2.38. The second kappa shape index (κ2) is 11.3. The van der Waals surface area contributed by atoms with E-state index in [4.69, 9.17) is 23.2 Å². The average molecular weight is 630 g/mol. The van der Waals surface area contributed by atoms with Gasteiger partial charge in [0.1, 0.15) is 5.02 Å². The van der Waals surface area contributed by atoms with Crippen molar-refractivity contribution in [1.82, 2.24) is 24.5 Å². The van der Waals surface area contributed by atoms with E-state index in [1.54, 1.807) is 17.3 Å². The van der Waals surface area contributed by atoms with E-state index in [-0.39, 0.29) is 41.0 Å². The maximum atomic E-state index is 13.6. The molecule has 1 atom stereocenters. The van der Waals surface area contributed by atoms with Gasteiger partial charge in [-0.1, -0.05) is 11.6 Å². The first-order valence-electron chi connectivity index (χ1n) is 12.6. The van der Waals surface area contributed by atoms with E-state index in [9.17, 15) is 26.3 Å². The van der Waals surface area contributed by atoms with Crippen LogP contribution in [0.3, 0.4) is 0 Å². The Balaban J connectivity index is 1.52. The fourth-order valence-corrected chi connectivity index (χ4v) is 5.21. The molecule has 0 bridgehead atoms. The lowest BCUT2D eigenvalue weighted by Gasteiger charge is -2.30. The molecule has 3 aromatic heterocycles. The lowest BCUT2D eigenvalue weighted by molar-refractivity contribution is -0.143. The summed E-state index contributed by atoms with van der Waals surface area (Å²) in [6.45, 7) is 2.34. The molecule has 0 N–H and O–H groups in total. The van der Waals surface area contributed by atoms with Gasteiger partial charge in [0.05, 0.1) is 23.4 Å². The van der Waals surface area contributed by atoms with Crippen LogP contribution in [0.1, 0.15) is 28.8 Å². The largest absolute Gasteiger partial charge is 0.416 e. The van der Waals surface area contributed by atoms with Crippen LogP contribution in [0.2, 0.25) is 10.3 Å². The van der Waals surface area contributed by atoms with Crippen molar-refractivity contribution in [1.29, 1.82) is 0 Å². The molecule has 15 heteroatoms. The molecular formula is C27H23Cl2F6N7. The Hall–Kier alpha value is -3.58. The van der Waals surface area contributed by atoms with Gasteiger partial charge in [-0.15, -0.1) is 0 Å². The second-order valence-electron chi connectivity index (χ2n) is 9.99. The molecule has 222 valence electrons. The molecule has 4 heterocycles. The number of halogens is 8. The number of benzene rings is 1. The molecular weight excluding hydrogens is 607 g/mol. The zero-order chi connectivity index (χ0) is 30.4. The molecule has 5 rings (SSSR count). The van der Waals surface area contributed by atoms with E-state index in [1.165, 1.54) is 6.20 Å². The van der Waals surface area contributed by atoms with Crippen molar-refractivity contribution in [2.24, 2.45) is 7.05 Å². The molecule has 7 nitrogen and oxygen atoms in total. The molecule has 1 aromatic carbocycles. The van der Waals surface area contributed by atoms with Crippen LogP contribution >= 0.6 is 23.2 Å². The summed E-state index contributed by atoms with van der Waals surface area (Å²) in [7, 11) is 1.89. The Kier molecular flexibility index (Phi) is 8.01. The Morgan fingerprint density at radius 3 is 2.12 bits per heavy atom. The first kappa shape index (κ1) is 29.9. The van der Waals surface area contributed by atoms with Crippen LogP contribution in [0.4, 0.5) is 38.1 Å². The van der Waals surface area contributed by atoms with Gasteiger partial charge in [-0.25, -0.2) is 15.0 Å². The van der Waals surface area contributed by atoms with Crippen molar-refractivity contribution in [3.05, 3.63) is 81.7 Å². The molecule has 1 fully saturated rings. The summed E-state index contributed by atoms with van der Waals surface area (Å²) in [4.78, 5) is 20.4. The quantitative estimate of drug-likeness (QED) is 0.166. The summed E-state index contributed by atoms with van der Waals surface area (Å²) in [5.41, 5.74) is -0.392. The monoisotopic (exact) mass is 629 g/mol. The van der Waals surface area contributed by atoms with Gasteiger partial charge >= 0.3 is 12.4 Å². The number of anilines is 2. The van der Waals surface area contributed by atoms with Gasteiger partial charge in [0.2, 0.25) is 11.2 Å². The normalized spacial score (nSPS) is 15.9. The first-order chi connectivity index (χ1) is 19.7. The predicted octanol–water partition coefficient (Wildman–Crippen LogP) is 7.21. The number of aryl methyl sites for hydroxylation is 2. The van der Waals surface area contributed by atoms with E-state index < -0.39 is 29.5 Å². The highest BCUT2D eigenvalue weighted by molar-refractivity contribution is 6.33. The van der Waals surface area contributed by atoms with Gasteiger partial charge in [0, 0.05) is 62.1 Å². The molecule has 0 amide bonds. The number of rotatable bonds is 6. The van der Waals surface area contributed by atoms with Crippen LogP contribution in [0.5, 0.6) is 0 Å². The summed E-state index contributed by atoms with van der Waals surface area (Å²) in [6, 6.07) is 3.08. The Morgan fingerprint density at radius 1 is 0.905 bits per heavy atom. The second-order valence-corrected chi connectivity index (χ2v) is 10.7. The van der Waals surface area contributed by atoms with E-state index in [0.29, 0.717) is 24.3 Å². The number of aromatic nitrogens is 5. The van der Waals surface area contributed by atoms with Crippen molar-refractivity contribution >= 4 is 35.0 Å². The number of alkyl halides is 6. The minimum absolute atomic E-state index is 0.0200. The van der Waals surface area contributed by atoms with E-state index in [0.717, 1.165) is 23.4 Å². The molecule has 1 aliphatic rings. The minimum Gasteiger partial charge on any atom is -0.354 e. The molecule has 4 aromatic rings. The summed E-state index contributed by atoms with van der Waals surface area (Å²) in [6.07, 6.45) is -3.08. The SMILES string of the molecule is Cc1cc(-c2cnc(N(Cc3cc(C(F)(F)F)cc(C(F)(F)F)c3)C3CCN(c4nc(Cl)ncc4Cl)C3)nc2)cn1C. The molecule has 0 spiro atoms. The summed E-state index contributed by atoms with van der Waals surface area (Å²) in [5.74, 6) is 0.518. The van der Waals surface area contributed by atoms with Crippen molar-refractivity contribution in [2.75, 3.05) is 22.9 Å². The highest BCUT2D eigenvalue weighted by atomic mass is 35.5. The van der Waals surface area contributed by atoms with Crippen molar-refractivity contribution in [2.45, 2.75) is 38.3 Å². The zero-order valence-electron chi connectivity index (χ0n) is 22.2. The molecule has 1 aliphatic heterocycles. The van der Waals surface area contributed by atoms with Crippen LogP contribution < -0.4 is 9.80 Å². The van der Waals surface area contributed by atoms with Gasteiger partial charge in [-0.05, 0) is 54.8 Å².